The van der Waals surface area contributed by atoms with Crippen LogP contribution in [0.25, 0.3) is 32.7 Å². The van der Waals surface area contributed by atoms with Gasteiger partial charge in [-0.3, -0.25) is 4.79 Å². The summed E-state index contributed by atoms with van der Waals surface area (Å²) in [6, 6.07) is 20.5. The number of rotatable bonds is 3. The Labute approximate surface area is 153 Å². The molecule has 0 spiro atoms. The maximum Gasteiger partial charge on any atom is 0.151 e. The van der Waals surface area contributed by atoms with Crippen LogP contribution in [-0.2, 0) is 0 Å². The monoisotopic (exact) mass is 340 g/mol. The summed E-state index contributed by atoms with van der Waals surface area (Å²) in [7, 11) is 1.66. The summed E-state index contributed by atoms with van der Waals surface area (Å²) < 4.78 is 5.70. The SMILES string of the molecule is COc1cc2ccccc2c(C=O)c1-c1cc(C)c2ccccc2c1C. The normalized spacial score (nSPS) is 11.0. The Morgan fingerprint density at radius 1 is 0.846 bits per heavy atom. The highest BCUT2D eigenvalue weighted by molar-refractivity contribution is 6.08. The van der Waals surface area contributed by atoms with Crippen LogP contribution in [0, 0.1) is 13.8 Å². The van der Waals surface area contributed by atoms with Crippen molar-refractivity contribution in [2.45, 2.75) is 13.8 Å². The summed E-state index contributed by atoms with van der Waals surface area (Å²) >= 11 is 0. The van der Waals surface area contributed by atoms with E-state index in [1.165, 1.54) is 16.3 Å². The van der Waals surface area contributed by atoms with Gasteiger partial charge >= 0.3 is 0 Å². The van der Waals surface area contributed by atoms with Gasteiger partial charge in [-0.2, -0.15) is 0 Å². The van der Waals surface area contributed by atoms with Crippen LogP contribution in [0.15, 0.2) is 60.7 Å². The van der Waals surface area contributed by atoms with Gasteiger partial charge in [-0.1, -0.05) is 54.6 Å². The molecule has 0 aromatic heterocycles. The molecule has 0 saturated carbocycles. The van der Waals surface area contributed by atoms with Gasteiger partial charge in [-0.25, -0.2) is 0 Å². The Morgan fingerprint density at radius 3 is 2.19 bits per heavy atom. The molecule has 0 fully saturated rings. The number of hydrogen-bond donors (Lipinski definition) is 0. The summed E-state index contributed by atoms with van der Waals surface area (Å²) in [5.41, 5.74) is 4.94. The highest BCUT2D eigenvalue weighted by Gasteiger charge is 2.19. The van der Waals surface area contributed by atoms with E-state index >= 15 is 0 Å². The van der Waals surface area contributed by atoms with Gasteiger partial charge in [0.05, 0.1) is 7.11 Å². The predicted molar refractivity (Wildman–Crippen MR) is 108 cm³/mol. The molecule has 4 rings (SSSR count). The largest absolute Gasteiger partial charge is 0.496 e. The lowest BCUT2D eigenvalue weighted by Gasteiger charge is -2.18. The molecule has 0 radical (unpaired) electrons. The van der Waals surface area contributed by atoms with Gasteiger partial charge in [0.15, 0.2) is 6.29 Å². The first-order valence-corrected chi connectivity index (χ1v) is 8.70. The second kappa shape index (κ2) is 6.30. The molecule has 0 N–H and O–H groups in total. The highest BCUT2D eigenvalue weighted by atomic mass is 16.5. The Kier molecular flexibility index (Phi) is 3.96. The van der Waals surface area contributed by atoms with Crippen molar-refractivity contribution in [3.05, 3.63) is 77.4 Å². The summed E-state index contributed by atoms with van der Waals surface area (Å²) in [6.07, 6.45) is 0.949. The Balaban J connectivity index is 2.17. The van der Waals surface area contributed by atoms with Gasteiger partial charge in [0.1, 0.15) is 5.75 Å². The molecule has 0 atom stereocenters. The van der Waals surface area contributed by atoms with Gasteiger partial charge in [0.25, 0.3) is 0 Å². The molecule has 26 heavy (non-hydrogen) atoms. The van der Waals surface area contributed by atoms with Gasteiger partial charge in [-0.05, 0) is 58.1 Å². The van der Waals surface area contributed by atoms with Gasteiger partial charge in [0, 0.05) is 11.1 Å². The molecule has 2 nitrogen and oxygen atoms in total. The number of carbonyl (C=O) groups excluding carboxylic acids is 1. The molecule has 0 bridgehead atoms. The Bertz CT molecular complexity index is 1160. The Morgan fingerprint density at radius 2 is 1.50 bits per heavy atom. The molecule has 4 aromatic carbocycles. The van der Waals surface area contributed by atoms with Crippen LogP contribution in [-0.4, -0.2) is 13.4 Å². The van der Waals surface area contributed by atoms with Crippen molar-refractivity contribution in [1.82, 2.24) is 0 Å². The smallest absolute Gasteiger partial charge is 0.151 e. The lowest BCUT2D eigenvalue weighted by molar-refractivity contribution is 0.112. The van der Waals surface area contributed by atoms with Crippen molar-refractivity contribution in [1.29, 1.82) is 0 Å². The van der Waals surface area contributed by atoms with Gasteiger partial charge in [0.2, 0.25) is 0 Å². The number of carbonyl (C=O) groups is 1. The molecule has 0 unspecified atom stereocenters. The molecule has 0 amide bonds. The summed E-state index contributed by atoms with van der Waals surface area (Å²) in [4.78, 5) is 12.1. The molecule has 0 saturated heterocycles. The van der Waals surface area contributed by atoms with E-state index in [1.54, 1.807) is 7.11 Å². The van der Waals surface area contributed by atoms with E-state index < -0.39 is 0 Å². The van der Waals surface area contributed by atoms with Gasteiger partial charge in [-0.15, -0.1) is 0 Å². The first kappa shape index (κ1) is 16.3. The zero-order valence-electron chi connectivity index (χ0n) is 15.2. The average molecular weight is 340 g/mol. The van der Waals surface area contributed by atoms with Crippen LogP contribution in [0.3, 0.4) is 0 Å². The first-order chi connectivity index (χ1) is 12.7. The quantitative estimate of drug-likeness (QED) is 0.421. The van der Waals surface area contributed by atoms with Crippen LogP contribution in [0.1, 0.15) is 21.5 Å². The number of hydrogen-bond acceptors (Lipinski definition) is 2. The minimum absolute atomic E-state index is 0.678. The molecule has 4 aromatic rings. The second-order valence-electron chi connectivity index (χ2n) is 6.62. The van der Waals surface area contributed by atoms with E-state index in [2.05, 4.69) is 44.2 Å². The summed E-state index contributed by atoms with van der Waals surface area (Å²) in [6.45, 7) is 4.22. The van der Waals surface area contributed by atoms with Crippen molar-refractivity contribution in [3.63, 3.8) is 0 Å². The van der Waals surface area contributed by atoms with Gasteiger partial charge < -0.3 is 4.74 Å². The van der Waals surface area contributed by atoms with E-state index in [0.717, 1.165) is 39.5 Å². The molecule has 0 aliphatic heterocycles. The van der Waals surface area contributed by atoms with Crippen LogP contribution >= 0.6 is 0 Å². The van der Waals surface area contributed by atoms with E-state index in [-0.39, 0.29) is 0 Å². The van der Waals surface area contributed by atoms with Crippen LogP contribution in [0.2, 0.25) is 0 Å². The average Bonchev–Trinajstić information content (AvgIpc) is 2.69. The van der Waals surface area contributed by atoms with E-state index in [0.29, 0.717) is 5.56 Å². The standard InChI is InChI=1S/C24H20O2/c1-15-12-21(16(2)19-10-7-6-9-18(15)19)24-22(14-25)20-11-5-4-8-17(20)13-23(24)26-3/h4-14H,1-3H3. The summed E-state index contributed by atoms with van der Waals surface area (Å²) in [5, 5.41) is 4.39. The summed E-state index contributed by atoms with van der Waals surface area (Å²) in [5.74, 6) is 0.726. The highest BCUT2D eigenvalue weighted by Crippen LogP contribution is 2.41. The molecule has 0 heterocycles. The molecule has 0 aliphatic carbocycles. The third kappa shape index (κ3) is 2.38. The molecule has 2 heteroatoms. The van der Waals surface area contributed by atoms with Crippen molar-refractivity contribution in [2.75, 3.05) is 7.11 Å². The number of aryl methyl sites for hydroxylation is 2. The number of fused-ring (bicyclic) bond motifs is 2. The number of ether oxygens (including phenoxy) is 1. The van der Waals surface area contributed by atoms with E-state index in [1.807, 2.05) is 30.3 Å². The van der Waals surface area contributed by atoms with Crippen molar-refractivity contribution >= 4 is 27.8 Å². The predicted octanol–water partition coefficient (Wildman–Crippen LogP) is 6.10. The third-order valence-corrected chi connectivity index (χ3v) is 5.18. The fourth-order valence-corrected chi connectivity index (χ4v) is 3.87. The molecular formula is C24H20O2. The van der Waals surface area contributed by atoms with Crippen LogP contribution in [0.4, 0.5) is 0 Å². The van der Waals surface area contributed by atoms with E-state index in [9.17, 15) is 4.79 Å². The minimum Gasteiger partial charge on any atom is -0.496 e. The first-order valence-electron chi connectivity index (χ1n) is 8.70. The number of aldehydes is 1. The Hall–Kier alpha value is -3.13. The lowest BCUT2D eigenvalue weighted by Crippen LogP contribution is -1.98. The minimum atomic E-state index is 0.678. The molecular weight excluding hydrogens is 320 g/mol. The number of methoxy groups -OCH3 is 1. The van der Waals surface area contributed by atoms with Crippen molar-refractivity contribution in [3.8, 4) is 16.9 Å². The van der Waals surface area contributed by atoms with Crippen molar-refractivity contribution < 1.29 is 9.53 Å². The number of benzene rings is 4. The maximum atomic E-state index is 12.1. The fourth-order valence-electron chi connectivity index (χ4n) is 3.87. The zero-order chi connectivity index (χ0) is 18.3. The topological polar surface area (TPSA) is 26.3 Å². The van der Waals surface area contributed by atoms with Crippen LogP contribution in [0.5, 0.6) is 5.75 Å². The second-order valence-corrected chi connectivity index (χ2v) is 6.62. The van der Waals surface area contributed by atoms with E-state index in [4.69, 9.17) is 4.74 Å². The molecule has 0 aliphatic rings. The molecule has 128 valence electrons. The lowest BCUT2D eigenvalue weighted by atomic mass is 9.87. The maximum absolute atomic E-state index is 12.1. The fraction of sp³-hybridized carbons (Fsp3) is 0.125. The third-order valence-electron chi connectivity index (χ3n) is 5.18. The zero-order valence-corrected chi connectivity index (χ0v) is 15.2. The van der Waals surface area contributed by atoms with Crippen molar-refractivity contribution in [2.24, 2.45) is 0 Å². The van der Waals surface area contributed by atoms with Crippen LogP contribution < -0.4 is 4.74 Å².